The van der Waals surface area contributed by atoms with Gasteiger partial charge in [-0.1, -0.05) is 99.6 Å². The monoisotopic (exact) mass is 793 g/mol. The molecule has 57 heavy (non-hydrogen) atoms. The molecule has 0 spiro atoms. The standard InChI is InChI=1S/C45H55N3O8Si/c1-43(2,3)55-42(52)48-30-20-29-45(56-57(7,8)44(4,5)6,47-39(50)35-27-18-19-28-36(35)53-31-32-21-12-9-13-22-32)37(46-38(49)33-23-14-10-15-24-33)40(48)54-41(51)34-25-16-11-17-26-34/h9-19,21-28,37,40H,20,29-31H2,1-8H3,(H,46,49)(H,47,50). The van der Waals surface area contributed by atoms with Gasteiger partial charge in [-0.15, -0.1) is 0 Å². The van der Waals surface area contributed by atoms with E-state index in [1.165, 1.54) is 4.90 Å². The Morgan fingerprint density at radius 2 is 1.32 bits per heavy atom. The minimum Gasteiger partial charge on any atom is -0.488 e. The summed E-state index contributed by atoms with van der Waals surface area (Å²) in [7, 11) is -2.89. The lowest BCUT2D eigenvalue weighted by molar-refractivity contribution is -0.0969. The van der Waals surface area contributed by atoms with Crippen molar-refractivity contribution in [3.63, 3.8) is 0 Å². The molecular weight excluding hydrogens is 739 g/mol. The van der Waals surface area contributed by atoms with Crippen molar-refractivity contribution in [2.45, 2.75) is 103 Å². The van der Waals surface area contributed by atoms with Crippen LogP contribution in [0.25, 0.3) is 0 Å². The summed E-state index contributed by atoms with van der Waals surface area (Å²) in [6.07, 6.45) is -1.88. The van der Waals surface area contributed by atoms with Crippen molar-refractivity contribution in [3.05, 3.63) is 138 Å². The third kappa shape index (κ3) is 10.9. The van der Waals surface area contributed by atoms with Crippen molar-refractivity contribution in [2.75, 3.05) is 6.54 Å². The summed E-state index contributed by atoms with van der Waals surface area (Å²) in [5.74, 6) is -1.49. The minimum absolute atomic E-state index is 0.0502. The number of nitrogens with zero attached hydrogens (tertiary/aromatic N) is 1. The first kappa shape index (κ1) is 42.7. The molecule has 0 aromatic heterocycles. The highest BCUT2D eigenvalue weighted by Gasteiger charge is 2.57. The highest BCUT2D eigenvalue weighted by molar-refractivity contribution is 6.74. The Balaban J connectivity index is 1.69. The molecule has 11 nitrogen and oxygen atoms in total. The van der Waals surface area contributed by atoms with E-state index in [-0.39, 0.29) is 42.2 Å². The predicted octanol–water partition coefficient (Wildman–Crippen LogP) is 8.73. The van der Waals surface area contributed by atoms with Crippen LogP contribution in [0.2, 0.25) is 18.1 Å². The van der Waals surface area contributed by atoms with E-state index in [2.05, 4.69) is 31.4 Å². The average molecular weight is 794 g/mol. The number of para-hydroxylation sites is 1. The molecule has 3 amide bonds. The molecule has 1 fully saturated rings. The Kier molecular flexibility index (Phi) is 13.3. The van der Waals surface area contributed by atoms with Gasteiger partial charge >= 0.3 is 12.1 Å². The molecule has 1 heterocycles. The van der Waals surface area contributed by atoms with E-state index >= 15 is 0 Å². The lowest BCUT2D eigenvalue weighted by Gasteiger charge is -2.50. The Morgan fingerprint density at radius 1 is 0.754 bits per heavy atom. The maximum absolute atomic E-state index is 14.9. The van der Waals surface area contributed by atoms with E-state index in [4.69, 9.17) is 18.6 Å². The molecule has 0 saturated carbocycles. The zero-order chi connectivity index (χ0) is 41.4. The number of esters is 1. The zero-order valence-corrected chi connectivity index (χ0v) is 35.2. The molecule has 1 aliphatic rings. The molecule has 0 aliphatic carbocycles. The fourth-order valence-electron chi connectivity index (χ4n) is 6.27. The normalized spacial score (nSPS) is 18.8. The third-order valence-electron chi connectivity index (χ3n) is 10.2. The first-order valence-corrected chi connectivity index (χ1v) is 22.2. The van der Waals surface area contributed by atoms with Crippen molar-refractivity contribution < 1.29 is 37.8 Å². The van der Waals surface area contributed by atoms with E-state index in [1.54, 1.807) is 106 Å². The number of carbonyl (C=O) groups excluding carboxylic acids is 4. The molecule has 0 bridgehead atoms. The van der Waals surface area contributed by atoms with Crippen LogP contribution in [0.5, 0.6) is 5.75 Å². The van der Waals surface area contributed by atoms with Gasteiger partial charge in [-0.3, -0.25) is 14.5 Å². The van der Waals surface area contributed by atoms with Gasteiger partial charge < -0.3 is 29.3 Å². The molecule has 0 radical (unpaired) electrons. The molecule has 1 saturated heterocycles. The summed E-state index contributed by atoms with van der Waals surface area (Å²) in [6, 6.07) is 32.1. The van der Waals surface area contributed by atoms with Crippen molar-refractivity contribution >= 4 is 32.2 Å². The van der Waals surface area contributed by atoms with Gasteiger partial charge in [0.25, 0.3) is 11.8 Å². The summed E-state index contributed by atoms with van der Waals surface area (Å²) >= 11 is 0. The van der Waals surface area contributed by atoms with Gasteiger partial charge in [0.15, 0.2) is 14.0 Å². The quantitative estimate of drug-likeness (QED) is 0.0876. The van der Waals surface area contributed by atoms with Gasteiger partial charge in [-0.05, 0) is 93.7 Å². The molecule has 12 heteroatoms. The summed E-state index contributed by atoms with van der Waals surface area (Å²) in [6.45, 7) is 15.8. The Labute approximate surface area is 337 Å². The van der Waals surface area contributed by atoms with E-state index in [0.717, 1.165) is 5.56 Å². The second kappa shape index (κ2) is 17.8. The smallest absolute Gasteiger partial charge is 0.413 e. The van der Waals surface area contributed by atoms with Gasteiger partial charge in [-0.2, -0.15) is 0 Å². The van der Waals surface area contributed by atoms with E-state index in [0.29, 0.717) is 11.3 Å². The number of hydrogen-bond donors (Lipinski definition) is 2. The highest BCUT2D eigenvalue weighted by atomic mass is 28.4. The molecule has 3 unspecified atom stereocenters. The number of benzene rings is 4. The van der Waals surface area contributed by atoms with Crippen molar-refractivity contribution in [2.24, 2.45) is 0 Å². The van der Waals surface area contributed by atoms with Gasteiger partial charge in [-0.25, -0.2) is 9.59 Å². The number of carbonyl (C=O) groups is 4. The molecule has 3 atom stereocenters. The molecule has 5 rings (SSSR count). The van der Waals surface area contributed by atoms with Crippen LogP contribution in [0, 0.1) is 0 Å². The van der Waals surface area contributed by atoms with Crippen molar-refractivity contribution in [1.82, 2.24) is 15.5 Å². The number of rotatable bonds is 11. The van der Waals surface area contributed by atoms with Crippen LogP contribution in [0.3, 0.4) is 0 Å². The average Bonchev–Trinajstić information content (AvgIpc) is 3.30. The second-order valence-corrected chi connectivity index (χ2v) is 21.5. The van der Waals surface area contributed by atoms with Crippen LogP contribution in [0.15, 0.2) is 115 Å². The number of ether oxygens (including phenoxy) is 3. The first-order valence-electron chi connectivity index (χ1n) is 19.3. The van der Waals surface area contributed by atoms with Crippen LogP contribution in [-0.4, -0.2) is 67.2 Å². The summed E-state index contributed by atoms with van der Waals surface area (Å²) in [4.78, 5) is 58.8. The second-order valence-electron chi connectivity index (χ2n) is 16.7. The third-order valence-corrected chi connectivity index (χ3v) is 14.7. The Hall–Kier alpha value is -5.46. The molecule has 1 aliphatic heterocycles. The number of nitrogens with one attached hydrogen (secondary N) is 2. The van der Waals surface area contributed by atoms with Gasteiger partial charge in [0.2, 0.25) is 6.23 Å². The van der Waals surface area contributed by atoms with Gasteiger partial charge in [0.1, 0.15) is 24.0 Å². The fraction of sp³-hybridized carbons (Fsp3) is 0.378. The van der Waals surface area contributed by atoms with Crippen LogP contribution < -0.4 is 15.4 Å². The summed E-state index contributed by atoms with van der Waals surface area (Å²) < 4.78 is 25.8. The highest BCUT2D eigenvalue weighted by Crippen LogP contribution is 2.43. The zero-order valence-electron chi connectivity index (χ0n) is 34.2. The van der Waals surface area contributed by atoms with Gasteiger partial charge in [0.05, 0.1) is 11.1 Å². The van der Waals surface area contributed by atoms with Crippen molar-refractivity contribution in [3.8, 4) is 5.75 Å². The van der Waals surface area contributed by atoms with Crippen LogP contribution in [-0.2, 0) is 20.5 Å². The Morgan fingerprint density at radius 3 is 1.91 bits per heavy atom. The first-order chi connectivity index (χ1) is 26.9. The largest absolute Gasteiger partial charge is 0.488 e. The fourth-order valence-corrected chi connectivity index (χ4v) is 7.77. The molecule has 4 aromatic rings. The maximum atomic E-state index is 14.9. The van der Waals surface area contributed by atoms with Gasteiger partial charge in [0, 0.05) is 12.1 Å². The summed E-state index contributed by atoms with van der Waals surface area (Å²) in [5, 5.41) is 5.93. The predicted molar refractivity (Wildman–Crippen MR) is 221 cm³/mol. The lowest BCUT2D eigenvalue weighted by Crippen LogP contribution is -2.72. The van der Waals surface area contributed by atoms with Crippen LogP contribution >= 0.6 is 0 Å². The topological polar surface area (TPSA) is 133 Å². The number of hydrogen-bond acceptors (Lipinski definition) is 8. The molecule has 2 N–H and O–H groups in total. The van der Waals surface area contributed by atoms with Crippen molar-refractivity contribution in [1.29, 1.82) is 0 Å². The maximum Gasteiger partial charge on any atom is 0.413 e. The SMILES string of the molecule is CC(C)(C)OC(=O)N1CCCC(NC(=O)c2ccccc2OCc2ccccc2)(O[Si](C)(C)C(C)(C)C)C(NC(=O)c2ccccc2)C1OC(=O)c1ccccc1. The lowest BCUT2D eigenvalue weighted by atomic mass is 9.96. The summed E-state index contributed by atoms with van der Waals surface area (Å²) in [5.41, 5.74) is -0.967. The Bertz CT molecular complexity index is 2000. The number of likely N-dealkylation sites (tertiary alicyclic amines) is 1. The van der Waals surface area contributed by atoms with E-state index in [9.17, 15) is 19.2 Å². The van der Waals surface area contributed by atoms with E-state index in [1.807, 2.05) is 43.4 Å². The molecule has 4 aromatic carbocycles. The molecule has 302 valence electrons. The van der Waals surface area contributed by atoms with E-state index < -0.39 is 55.8 Å². The van der Waals surface area contributed by atoms with Crippen LogP contribution in [0.4, 0.5) is 4.79 Å². The molecular formula is C45H55N3O8Si. The number of amides is 3. The minimum atomic E-state index is -2.89. The van der Waals surface area contributed by atoms with Crippen LogP contribution in [0.1, 0.15) is 91.0 Å².